The van der Waals surface area contributed by atoms with Crippen molar-refractivity contribution in [1.29, 1.82) is 0 Å². The molecular weight excluding hydrogens is 266 g/mol. The van der Waals surface area contributed by atoms with Crippen LogP contribution >= 0.6 is 12.4 Å². The summed E-state index contributed by atoms with van der Waals surface area (Å²) in [5.41, 5.74) is 6.05. The molecule has 0 aromatic heterocycles. The zero-order chi connectivity index (χ0) is 12.3. The van der Waals surface area contributed by atoms with E-state index in [4.69, 9.17) is 10.8 Å². The van der Waals surface area contributed by atoms with Gasteiger partial charge in [-0.05, 0) is 24.1 Å². The van der Waals surface area contributed by atoms with Crippen LogP contribution in [0.15, 0.2) is 29.2 Å². The number of carboxylic acids is 1. The molecule has 0 amide bonds. The molecule has 0 radical (unpaired) electrons. The van der Waals surface area contributed by atoms with Crippen LogP contribution in [0.4, 0.5) is 0 Å². The van der Waals surface area contributed by atoms with E-state index < -0.39 is 21.8 Å². The summed E-state index contributed by atoms with van der Waals surface area (Å²) in [5.74, 6) is -1.08. The van der Waals surface area contributed by atoms with Crippen molar-refractivity contribution < 1.29 is 18.3 Å². The van der Waals surface area contributed by atoms with Gasteiger partial charge in [-0.1, -0.05) is 12.1 Å². The number of nitrogens with two attached hydrogens (primary N) is 1. The topological polar surface area (TPSA) is 97.5 Å². The summed E-state index contributed by atoms with van der Waals surface area (Å²) >= 11 is 0. The highest BCUT2D eigenvalue weighted by molar-refractivity contribution is 7.90. The second-order valence-electron chi connectivity index (χ2n) is 3.56. The van der Waals surface area contributed by atoms with Crippen LogP contribution in [0.5, 0.6) is 0 Å². The Balaban J connectivity index is 0.00000256. The van der Waals surface area contributed by atoms with Crippen molar-refractivity contribution in [2.24, 2.45) is 5.73 Å². The van der Waals surface area contributed by atoms with Gasteiger partial charge >= 0.3 is 5.97 Å². The molecular formula is C10H14ClNO4S. The second kappa shape index (κ2) is 6.00. The van der Waals surface area contributed by atoms with E-state index in [2.05, 4.69) is 0 Å². The van der Waals surface area contributed by atoms with Gasteiger partial charge in [0.05, 0.1) is 4.90 Å². The van der Waals surface area contributed by atoms with Crippen molar-refractivity contribution >= 4 is 28.2 Å². The van der Waals surface area contributed by atoms with Crippen LogP contribution in [0, 0.1) is 0 Å². The lowest BCUT2D eigenvalue weighted by molar-refractivity contribution is -0.138. The van der Waals surface area contributed by atoms with E-state index in [0.29, 0.717) is 5.56 Å². The molecule has 7 heteroatoms. The first kappa shape index (κ1) is 15.9. The largest absolute Gasteiger partial charge is 0.480 e. The van der Waals surface area contributed by atoms with Crippen LogP contribution in [-0.4, -0.2) is 31.8 Å². The molecule has 0 bridgehead atoms. The number of hydrogen-bond donors (Lipinski definition) is 2. The molecule has 0 aliphatic carbocycles. The van der Waals surface area contributed by atoms with Crippen molar-refractivity contribution in [1.82, 2.24) is 0 Å². The summed E-state index contributed by atoms with van der Waals surface area (Å²) < 4.78 is 22.3. The molecule has 1 aromatic rings. The second-order valence-corrected chi connectivity index (χ2v) is 5.58. The Bertz CT molecular complexity index is 484. The minimum absolute atomic E-state index is 0. The highest BCUT2D eigenvalue weighted by Crippen LogP contribution is 2.11. The minimum atomic E-state index is -3.21. The molecule has 0 heterocycles. The summed E-state index contributed by atoms with van der Waals surface area (Å²) in [7, 11) is -3.21. The van der Waals surface area contributed by atoms with Gasteiger partial charge in [-0.25, -0.2) is 8.42 Å². The van der Waals surface area contributed by atoms with E-state index in [9.17, 15) is 13.2 Å². The van der Waals surface area contributed by atoms with Crippen molar-refractivity contribution in [2.75, 3.05) is 6.26 Å². The van der Waals surface area contributed by atoms with Gasteiger partial charge in [-0.15, -0.1) is 12.4 Å². The quantitative estimate of drug-likeness (QED) is 0.835. The van der Waals surface area contributed by atoms with Gasteiger partial charge in [0.25, 0.3) is 0 Å². The monoisotopic (exact) mass is 279 g/mol. The van der Waals surface area contributed by atoms with E-state index in [-0.39, 0.29) is 23.7 Å². The number of rotatable bonds is 4. The van der Waals surface area contributed by atoms with Gasteiger partial charge in [0, 0.05) is 6.26 Å². The Morgan fingerprint density at radius 3 is 2.18 bits per heavy atom. The van der Waals surface area contributed by atoms with Gasteiger partial charge in [0.2, 0.25) is 0 Å². The molecule has 1 rings (SSSR count). The van der Waals surface area contributed by atoms with E-state index in [1.54, 1.807) is 12.1 Å². The molecule has 1 aromatic carbocycles. The van der Waals surface area contributed by atoms with Crippen LogP contribution in [0.2, 0.25) is 0 Å². The average molecular weight is 280 g/mol. The van der Waals surface area contributed by atoms with Crippen LogP contribution in [0.1, 0.15) is 5.56 Å². The molecule has 0 fully saturated rings. The number of benzene rings is 1. The first-order valence-electron chi connectivity index (χ1n) is 4.58. The van der Waals surface area contributed by atoms with Crippen LogP contribution < -0.4 is 5.73 Å². The predicted molar refractivity (Wildman–Crippen MR) is 66.1 cm³/mol. The average Bonchev–Trinajstić information content (AvgIpc) is 2.17. The van der Waals surface area contributed by atoms with Crippen molar-refractivity contribution in [2.45, 2.75) is 17.4 Å². The molecule has 0 saturated carbocycles. The third-order valence-corrected chi connectivity index (χ3v) is 3.25. The van der Waals surface area contributed by atoms with Crippen LogP contribution in [0.25, 0.3) is 0 Å². The highest BCUT2D eigenvalue weighted by Gasteiger charge is 2.12. The number of aliphatic carboxylic acids is 1. The summed E-state index contributed by atoms with van der Waals surface area (Å²) in [6.07, 6.45) is 1.30. The number of halogens is 1. The van der Waals surface area contributed by atoms with Gasteiger partial charge < -0.3 is 10.8 Å². The fourth-order valence-electron chi connectivity index (χ4n) is 1.21. The molecule has 5 nitrogen and oxygen atoms in total. The van der Waals surface area contributed by atoms with Gasteiger partial charge in [0.1, 0.15) is 6.04 Å². The Morgan fingerprint density at radius 2 is 1.82 bits per heavy atom. The van der Waals surface area contributed by atoms with E-state index >= 15 is 0 Å². The number of carbonyl (C=O) groups is 1. The van der Waals surface area contributed by atoms with Gasteiger partial charge in [-0.3, -0.25) is 4.79 Å². The fourth-order valence-corrected chi connectivity index (χ4v) is 1.84. The molecule has 3 N–H and O–H groups in total. The van der Waals surface area contributed by atoms with Gasteiger partial charge in [0.15, 0.2) is 9.84 Å². The van der Waals surface area contributed by atoms with Crippen molar-refractivity contribution in [3.05, 3.63) is 29.8 Å². The lowest BCUT2D eigenvalue weighted by Gasteiger charge is -2.06. The minimum Gasteiger partial charge on any atom is -0.480 e. The Morgan fingerprint density at radius 1 is 1.35 bits per heavy atom. The maximum Gasteiger partial charge on any atom is 0.320 e. The molecule has 0 aliphatic rings. The molecule has 0 unspecified atom stereocenters. The van der Waals surface area contributed by atoms with Crippen LogP contribution in [-0.2, 0) is 21.1 Å². The first-order chi connectivity index (χ1) is 7.30. The van der Waals surface area contributed by atoms with Crippen molar-refractivity contribution in [3.63, 3.8) is 0 Å². The summed E-state index contributed by atoms with van der Waals surface area (Å²) in [6.45, 7) is 0. The lowest BCUT2D eigenvalue weighted by atomic mass is 10.1. The Kier molecular flexibility index (Phi) is 5.60. The maximum atomic E-state index is 11.2. The molecule has 0 aliphatic heterocycles. The highest BCUT2D eigenvalue weighted by atomic mass is 35.5. The van der Waals surface area contributed by atoms with E-state index in [0.717, 1.165) is 6.26 Å². The normalized spacial score (nSPS) is 12.6. The first-order valence-corrected chi connectivity index (χ1v) is 6.47. The van der Waals surface area contributed by atoms with E-state index in [1.807, 2.05) is 0 Å². The molecule has 17 heavy (non-hydrogen) atoms. The Labute approximate surface area is 106 Å². The predicted octanol–water partition coefficient (Wildman–Crippen LogP) is 0.466. The van der Waals surface area contributed by atoms with E-state index in [1.165, 1.54) is 12.1 Å². The lowest BCUT2D eigenvalue weighted by Crippen LogP contribution is -2.32. The number of hydrogen-bond acceptors (Lipinski definition) is 4. The zero-order valence-corrected chi connectivity index (χ0v) is 10.8. The smallest absolute Gasteiger partial charge is 0.320 e. The maximum absolute atomic E-state index is 11.2. The fraction of sp³-hybridized carbons (Fsp3) is 0.300. The third-order valence-electron chi connectivity index (χ3n) is 2.12. The SMILES string of the molecule is CS(=O)(=O)c1ccc(C[C@H](N)C(=O)O)cc1.Cl. The third kappa shape index (κ3) is 4.72. The number of carboxylic acid groups (broad SMARTS) is 1. The Hall–Kier alpha value is -1.11. The standard InChI is InChI=1S/C10H13NO4S.ClH/c1-16(14,15)8-4-2-7(3-5-8)6-9(11)10(12)13;/h2-5,9H,6,11H2,1H3,(H,12,13);1H/t9-;/m0./s1. The summed E-state index contributed by atoms with van der Waals surface area (Å²) in [5, 5.41) is 8.61. The van der Waals surface area contributed by atoms with Crippen molar-refractivity contribution in [3.8, 4) is 0 Å². The number of sulfone groups is 1. The van der Waals surface area contributed by atoms with Gasteiger partial charge in [-0.2, -0.15) is 0 Å². The molecule has 1 atom stereocenters. The molecule has 0 saturated heterocycles. The zero-order valence-electron chi connectivity index (χ0n) is 9.16. The molecule has 96 valence electrons. The molecule has 0 spiro atoms. The van der Waals surface area contributed by atoms with Crippen LogP contribution in [0.3, 0.4) is 0 Å². The summed E-state index contributed by atoms with van der Waals surface area (Å²) in [4.78, 5) is 10.7. The summed E-state index contributed by atoms with van der Waals surface area (Å²) in [6, 6.07) is 5.06.